The molecule has 0 spiro atoms. The Bertz CT molecular complexity index is 1240. The molecule has 1 aromatic heterocycles. The van der Waals surface area contributed by atoms with Crippen LogP contribution in [0.3, 0.4) is 0 Å². The number of hydrogen-bond acceptors (Lipinski definition) is 2. The van der Waals surface area contributed by atoms with Crippen LogP contribution in [0.15, 0.2) is 77.6 Å². The summed E-state index contributed by atoms with van der Waals surface area (Å²) in [5.41, 5.74) is 5.72. The fourth-order valence-electron chi connectivity index (χ4n) is 4.22. The molecule has 0 saturated heterocycles. The maximum Gasteiger partial charge on any atom is 0.265 e. The van der Waals surface area contributed by atoms with E-state index in [0.717, 1.165) is 23.4 Å². The average molecular weight is 366 g/mol. The third kappa shape index (κ3) is 2.66. The number of aryl methyl sites for hydroxylation is 1. The van der Waals surface area contributed by atoms with Crippen molar-refractivity contribution < 1.29 is 0 Å². The summed E-state index contributed by atoms with van der Waals surface area (Å²) in [5.74, 6) is 1.56. The van der Waals surface area contributed by atoms with Gasteiger partial charge in [0, 0.05) is 5.92 Å². The standard InChI is InChI=1S/C25H22N2O/c1-16-9-8-13-19(17(16)2)21-15-22(21)24-26-23-14-7-6-12-20(23)25(28)27(24)18-10-4-3-5-11-18/h3-14,21-22H,15H2,1-2H3. The number of para-hydroxylation sites is 2. The van der Waals surface area contributed by atoms with Gasteiger partial charge in [-0.05, 0) is 67.1 Å². The van der Waals surface area contributed by atoms with Crippen LogP contribution in [0.1, 0.15) is 40.8 Å². The van der Waals surface area contributed by atoms with Gasteiger partial charge in [-0.2, -0.15) is 0 Å². The SMILES string of the molecule is Cc1cccc(C2CC2c2nc3ccccc3c(=O)n2-c2ccccc2)c1C. The van der Waals surface area contributed by atoms with Gasteiger partial charge < -0.3 is 0 Å². The molecule has 0 aliphatic heterocycles. The number of nitrogens with zero attached hydrogens (tertiary/aromatic N) is 2. The lowest BCUT2D eigenvalue weighted by Crippen LogP contribution is -2.23. The van der Waals surface area contributed by atoms with Crippen molar-refractivity contribution in [2.75, 3.05) is 0 Å². The van der Waals surface area contributed by atoms with Crippen molar-refractivity contribution in [2.45, 2.75) is 32.1 Å². The summed E-state index contributed by atoms with van der Waals surface area (Å²) >= 11 is 0. The van der Waals surface area contributed by atoms with E-state index < -0.39 is 0 Å². The van der Waals surface area contributed by atoms with Crippen LogP contribution in [0, 0.1) is 13.8 Å². The smallest absolute Gasteiger partial charge is 0.265 e. The van der Waals surface area contributed by atoms with E-state index in [1.807, 2.05) is 59.2 Å². The molecule has 1 aliphatic carbocycles. The normalized spacial score (nSPS) is 18.4. The summed E-state index contributed by atoms with van der Waals surface area (Å²) in [6, 6.07) is 24.0. The molecule has 3 nitrogen and oxygen atoms in total. The van der Waals surface area contributed by atoms with E-state index in [1.54, 1.807) is 0 Å². The highest BCUT2D eigenvalue weighted by Gasteiger charge is 2.43. The van der Waals surface area contributed by atoms with Gasteiger partial charge in [0.2, 0.25) is 0 Å². The molecule has 2 unspecified atom stereocenters. The number of hydrogen-bond donors (Lipinski definition) is 0. The minimum Gasteiger partial charge on any atom is -0.268 e. The highest BCUT2D eigenvalue weighted by molar-refractivity contribution is 5.78. The Hall–Kier alpha value is -3.20. The van der Waals surface area contributed by atoms with Gasteiger partial charge in [-0.1, -0.05) is 48.5 Å². The van der Waals surface area contributed by atoms with Gasteiger partial charge >= 0.3 is 0 Å². The van der Waals surface area contributed by atoms with Crippen molar-refractivity contribution in [2.24, 2.45) is 0 Å². The minimum atomic E-state index is 0.0124. The Labute approximate surface area is 164 Å². The molecular weight excluding hydrogens is 344 g/mol. The third-order valence-corrected chi connectivity index (χ3v) is 5.98. The van der Waals surface area contributed by atoms with E-state index in [-0.39, 0.29) is 11.5 Å². The molecule has 0 bridgehead atoms. The van der Waals surface area contributed by atoms with Crippen molar-refractivity contribution in [3.8, 4) is 5.69 Å². The molecule has 5 rings (SSSR count). The van der Waals surface area contributed by atoms with Crippen molar-refractivity contribution in [3.05, 3.63) is 106 Å². The molecule has 4 aromatic rings. The van der Waals surface area contributed by atoms with Gasteiger partial charge in [0.05, 0.1) is 16.6 Å². The molecule has 1 heterocycles. The van der Waals surface area contributed by atoms with Gasteiger partial charge in [0.1, 0.15) is 5.82 Å². The number of aromatic nitrogens is 2. The molecule has 138 valence electrons. The molecule has 1 fully saturated rings. The lowest BCUT2D eigenvalue weighted by molar-refractivity contribution is 0.806. The van der Waals surface area contributed by atoms with Gasteiger partial charge in [-0.25, -0.2) is 4.98 Å². The highest BCUT2D eigenvalue weighted by atomic mass is 16.1. The first-order valence-corrected chi connectivity index (χ1v) is 9.78. The van der Waals surface area contributed by atoms with Crippen LogP contribution in [0.5, 0.6) is 0 Å². The number of rotatable bonds is 3. The van der Waals surface area contributed by atoms with Gasteiger partial charge in [0.25, 0.3) is 5.56 Å². The minimum absolute atomic E-state index is 0.0124. The van der Waals surface area contributed by atoms with Crippen molar-refractivity contribution >= 4 is 10.9 Å². The van der Waals surface area contributed by atoms with Crippen LogP contribution in [-0.4, -0.2) is 9.55 Å². The van der Waals surface area contributed by atoms with Crippen molar-refractivity contribution in [3.63, 3.8) is 0 Å². The summed E-state index contributed by atoms with van der Waals surface area (Å²) in [6.07, 6.45) is 1.03. The molecule has 1 aliphatic rings. The van der Waals surface area contributed by atoms with Crippen LogP contribution < -0.4 is 5.56 Å². The second-order valence-corrected chi connectivity index (χ2v) is 7.70. The van der Waals surface area contributed by atoms with Gasteiger partial charge in [0.15, 0.2) is 0 Å². The van der Waals surface area contributed by atoms with Gasteiger partial charge in [-0.3, -0.25) is 9.36 Å². The fourth-order valence-corrected chi connectivity index (χ4v) is 4.22. The Balaban J connectivity index is 1.70. The monoisotopic (exact) mass is 366 g/mol. The summed E-state index contributed by atoms with van der Waals surface area (Å²) in [5, 5.41) is 0.666. The summed E-state index contributed by atoms with van der Waals surface area (Å²) in [6.45, 7) is 4.35. The molecule has 28 heavy (non-hydrogen) atoms. The predicted octanol–water partition coefficient (Wildman–Crippen LogP) is 5.27. The second kappa shape index (κ2) is 6.45. The summed E-state index contributed by atoms with van der Waals surface area (Å²) in [4.78, 5) is 18.3. The molecule has 1 saturated carbocycles. The molecule has 0 radical (unpaired) electrons. The lowest BCUT2D eigenvalue weighted by atomic mass is 9.99. The van der Waals surface area contributed by atoms with Crippen molar-refractivity contribution in [1.29, 1.82) is 0 Å². The largest absolute Gasteiger partial charge is 0.268 e. The van der Waals surface area contributed by atoms with Crippen molar-refractivity contribution in [1.82, 2.24) is 9.55 Å². The zero-order valence-electron chi connectivity index (χ0n) is 16.1. The first-order chi connectivity index (χ1) is 13.6. The van der Waals surface area contributed by atoms with E-state index in [1.165, 1.54) is 16.7 Å². The first-order valence-electron chi connectivity index (χ1n) is 9.78. The highest BCUT2D eigenvalue weighted by Crippen LogP contribution is 2.55. The summed E-state index contributed by atoms with van der Waals surface area (Å²) < 4.78 is 1.82. The van der Waals surface area contributed by atoms with Crippen LogP contribution in [0.25, 0.3) is 16.6 Å². The predicted molar refractivity (Wildman–Crippen MR) is 113 cm³/mol. The molecular formula is C25H22N2O. The molecule has 2 atom stereocenters. The number of fused-ring (bicyclic) bond motifs is 1. The first kappa shape index (κ1) is 16.9. The van der Waals surface area contributed by atoms with Crippen LogP contribution in [0.2, 0.25) is 0 Å². The molecule has 3 aromatic carbocycles. The zero-order chi connectivity index (χ0) is 19.3. The average Bonchev–Trinajstić information content (AvgIpc) is 3.51. The topological polar surface area (TPSA) is 34.9 Å². The second-order valence-electron chi connectivity index (χ2n) is 7.70. The summed E-state index contributed by atoms with van der Waals surface area (Å²) in [7, 11) is 0. The molecule has 0 amide bonds. The van der Waals surface area contributed by atoms with Crippen LogP contribution in [0.4, 0.5) is 0 Å². The maximum atomic E-state index is 13.4. The van der Waals surface area contributed by atoms with E-state index in [0.29, 0.717) is 11.3 Å². The number of benzene rings is 3. The van der Waals surface area contributed by atoms with E-state index >= 15 is 0 Å². The van der Waals surface area contributed by atoms with E-state index in [9.17, 15) is 4.79 Å². The Morgan fingerprint density at radius 2 is 1.61 bits per heavy atom. The Morgan fingerprint density at radius 3 is 2.43 bits per heavy atom. The molecule has 0 N–H and O–H groups in total. The van der Waals surface area contributed by atoms with Crippen LogP contribution >= 0.6 is 0 Å². The van der Waals surface area contributed by atoms with Crippen LogP contribution in [-0.2, 0) is 0 Å². The maximum absolute atomic E-state index is 13.4. The van der Waals surface area contributed by atoms with E-state index in [2.05, 4.69) is 32.0 Å². The lowest BCUT2D eigenvalue weighted by Gasteiger charge is -2.14. The Kier molecular flexibility index (Phi) is 3.90. The Morgan fingerprint density at radius 1 is 0.857 bits per heavy atom. The van der Waals surface area contributed by atoms with E-state index in [4.69, 9.17) is 4.98 Å². The van der Waals surface area contributed by atoms with Gasteiger partial charge in [-0.15, -0.1) is 0 Å². The molecule has 3 heteroatoms. The quantitative estimate of drug-likeness (QED) is 0.495. The zero-order valence-corrected chi connectivity index (χ0v) is 16.1. The third-order valence-electron chi connectivity index (χ3n) is 5.98. The fraction of sp³-hybridized carbons (Fsp3) is 0.200.